The molecule has 2 aliphatic rings. The van der Waals surface area contributed by atoms with Gasteiger partial charge in [-0.05, 0) is 25.0 Å². The largest absolute Gasteiger partial charge is 0.444 e. The molecule has 2 aromatic rings. The van der Waals surface area contributed by atoms with Gasteiger partial charge in [0.2, 0.25) is 11.8 Å². The molecule has 1 atom stereocenters. The number of likely N-dealkylation sites (tertiary alicyclic amines) is 1. The Hall–Kier alpha value is -2.38. The molecule has 144 valence electrons. The predicted molar refractivity (Wildman–Crippen MR) is 103 cm³/mol. The molecule has 4 rings (SSSR count). The van der Waals surface area contributed by atoms with Gasteiger partial charge in [-0.25, -0.2) is 4.98 Å². The van der Waals surface area contributed by atoms with E-state index in [1.54, 1.807) is 4.90 Å². The smallest absolute Gasteiger partial charge is 0.275 e. The molecule has 2 fully saturated rings. The average Bonchev–Trinajstić information content (AvgIpc) is 3.19. The minimum absolute atomic E-state index is 0. The number of oxazole rings is 1. The number of hydrogen-bond donors (Lipinski definition) is 1. The Kier molecular flexibility index (Phi) is 6.13. The molecule has 2 amide bonds. The van der Waals surface area contributed by atoms with Crippen molar-refractivity contribution in [2.24, 2.45) is 0 Å². The molecule has 0 spiro atoms. The van der Waals surface area contributed by atoms with E-state index in [9.17, 15) is 9.59 Å². The summed E-state index contributed by atoms with van der Waals surface area (Å²) in [6, 6.07) is 9.61. The number of halogens is 1. The summed E-state index contributed by atoms with van der Waals surface area (Å²) in [5, 5.41) is 3.09. The highest BCUT2D eigenvalue weighted by atomic mass is 35.5. The predicted octanol–water partition coefficient (Wildman–Crippen LogP) is 1.80. The Morgan fingerprint density at radius 1 is 1.22 bits per heavy atom. The van der Waals surface area contributed by atoms with E-state index in [1.165, 1.54) is 6.26 Å². The molecule has 27 heavy (non-hydrogen) atoms. The van der Waals surface area contributed by atoms with Gasteiger partial charge < -0.3 is 19.5 Å². The van der Waals surface area contributed by atoms with Crippen molar-refractivity contribution < 1.29 is 14.0 Å². The van der Waals surface area contributed by atoms with Gasteiger partial charge in [0, 0.05) is 37.8 Å². The van der Waals surface area contributed by atoms with Crippen LogP contribution in [-0.2, 0) is 4.79 Å². The van der Waals surface area contributed by atoms with Crippen molar-refractivity contribution >= 4 is 24.2 Å². The molecule has 0 radical (unpaired) electrons. The van der Waals surface area contributed by atoms with Crippen LogP contribution < -0.4 is 5.32 Å². The van der Waals surface area contributed by atoms with Gasteiger partial charge in [-0.2, -0.15) is 0 Å². The van der Waals surface area contributed by atoms with Crippen LogP contribution in [0.5, 0.6) is 0 Å². The average molecular weight is 391 g/mol. The number of amides is 2. The summed E-state index contributed by atoms with van der Waals surface area (Å²) in [5.41, 5.74) is 1.16. The Bertz CT molecular complexity index is 795. The second-order valence-corrected chi connectivity index (χ2v) is 6.72. The van der Waals surface area contributed by atoms with Gasteiger partial charge in [0.15, 0.2) is 5.69 Å². The van der Waals surface area contributed by atoms with E-state index < -0.39 is 0 Å². The van der Waals surface area contributed by atoms with Crippen LogP contribution >= 0.6 is 12.4 Å². The van der Waals surface area contributed by atoms with E-state index in [2.05, 4.69) is 10.3 Å². The molecule has 7 nitrogen and oxygen atoms in total. The van der Waals surface area contributed by atoms with Crippen molar-refractivity contribution in [2.75, 3.05) is 32.7 Å². The van der Waals surface area contributed by atoms with Crippen LogP contribution in [0.2, 0.25) is 0 Å². The minimum Gasteiger partial charge on any atom is -0.444 e. The number of carbonyl (C=O) groups excluding carboxylic acids is 2. The van der Waals surface area contributed by atoms with Crippen LogP contribution in [0.4, 0.5) is 0 Å². The molecule has 2 aliphatic heterocycles. The Balaban J connectivity index is 0.00000210. The third kappa shape index (κ3) is 4.14. The van der Waals surface area contributed by atoms with Gasteiger partial charge in [0.1, 0.15) is 6.26 Å². The second kappa shape index (κ2) is 8.54. The summed E-state index contributed by atoms with van der Waals surface area (Å²) in [4.78, 5) is 33.0. The van der Waals surface area contributed by atoms with Crippen molar-refractivity contribution in [3.8, 4) is 11.5 Å². The van der Waals surface area contributed by atoms with Crippen LogP contribution in [0.15, 0.2) is 41.0 Å². The first-order chi connectivity index (χ1) is 12.7. The maximum absolute atomic E-state index is 12.8. The summed E-state index contributed by atoms with van der Waals surface area (Å²) < 4.78 is 5.49. The van der Waals surface area contributed by atoms with Crippen molar-refractivity contribution in [1.29, 1.82) is 0 Å². The zero-order chi connectivity index (χ0) is 17.9. The van der Waals surface area contributed by atoms with Crippen LogP contribution in [0.3, 0.4) is 0 Å². The number of piperidine rings is 1. The summed E-state index contributed by atoms with van der Waals surface area (Å²) in [5.74, 6) is 0.423. The fourth-order valence-electron chi connectivity index (χ4n) is 3.65. The number of hydrogen-bond acceptors (Lipinski definition) is 5. The fraction of sp³-hybridized carbons (Fsp3) is 0.421. The summed E-state index contributed by atoms with van der Waals surface area (Å²) >= 11 is 0. The highest BCUT2D eigenvalue weighted by Gasteiger charge is 2.32. The van der Waals surface area contributed by atoms with E-state index >= 15 is 0 Å². The quantitative estimate of drug-likeness (QED) is 0.864. The monoisotopic (exact) mass is 390 g/mol. The van der Waals surface area contributed by atoms with E-state index in [4.69, 9.17) is 4.42 Å². The third-order valence-corrected chi connectivity index (χ3v) is 4.99. The van der Waals surface area contributed by atoms with Gasteiger partial charge in [0.25, 0.3) is 5.91 Å². The lowest BCUT2D eigenvalue weighted by Crippen LogP contribution is -2.57. The van der Waals surface area contributed by atoms with Crippen LogP contribution in [-0.4, -0.2) is 65.4 Å². The van der Waals surface area contributed by atoms with Crippen molar-refractivity contribution in [2.45, 2.75) is 18.9 Å². The number of carbonyl (C=O) groups is 2. The van der Waals surface area contributed by atoms with E-state index in [0.717, 1.165) is 24.9 Å². The normalized spacial score (nSPS) is 20.3. The summed E-state index contributed by atoms with van der Waals surface area (Å²) in [7, 11) is 0. The standard InChI is InChI=1S/C19H22N4O3.ClH/c24-17-11-20-8-10-23(17)15-7-4-9-22(12-15)19(25)16-13-26-18(21-16)14-5-2-1-3-6-14;/h1-3,5-6,13,15,20H,4,7-12H2;1H. The maximum Gasteiger partial charge on any atom is 0.275 e. The molecule has 0 aliphatic carbocycles. The first-order valence-corrected chi connectivity index (χ1v) is 9.03. The third-order valence-electron chi connectivity index (χ3n) is 4.99. The van der Waals surface area contributed by atoms with Gasteiger partial charge in [-0.1, -0.05) is 18.2 Å². The number of benzene rings is 1. The van der Waals surface area contributed by atoms with Gasteiger partial charge in [-0.3, -0.25) is 9.59 Å². The molecule has 0 saturated carbocycles. The number of rotatable bonds is 3. The second-order valence-electron chi connectivity index (χ2n) is 6.72. The molecule has 1 aromatic heterocycles. The number of nitrogens with one attached hydrogen (secondary N) is 1. The van der Waals surface area contributed by atoms with Gasteiger partial charge in [0.05, 0.1) is 6.54 Å². The lowest BCUT2D eigenvalue weighted by Gasteiger charge is -2.40. The highest BCUT2D eigenvalue weighted by molar-refractivity contribution is 5.92. The Morgan fingerprint density at radius 3 is 2.81 bits per heavy atom. The molecule has 0 bridgehead atoms. The first kappa shape index (κ1) is 19.4. The zero-order valence-corrected chi connectivity index (χ0v) is 15.8. The molecule has 1 aromatic carbocycles. The SMILES string of the molecule is Cl.O=C(c1coc(-c2ccccc2)n1)N1CCCC(N2CCNCC2=O)C1. The van der Waals surface area contributed by atoms with Crippen LogP contribution in [0.25, 0.3) is 11.5 Å². The van der Waals surface area contributed by atoms with Gasteiger partial charge >= 0.3 is 0 Å². The molecule has 1 N–H and O–H groups in total. The molecular weight excluding hydrogens is 368 g/mol. The maximum atomic E-state index is 12.8. The molecule has 8 heteroatoms. The zero-order valence-electron chi connectivity index (χ0n) is 15.0. The number of nitrogens with zero attached hydrogens (tertiary/aromatic N) is 3. The number of aromatic nitrogens is 1. The molecule has 2 saturated heterocycles. The van der Waals surface area contributed by atoms with Gasteiger partial charge in [-0.15, -0.1) is 12.4 Å². The molecule has 3 heterocycles. The van der Waals surface area contributed by atoms with Crippen LogP contribution in [0.1, 0.15) is 23.3 Å². The Morgan fingerprint density at radius 2 is 2.04 bits per heavy atom. The van der Waals surface area contributed by atoms with E-state index in [1.807, 2.05) is 35.2 Å². The lowest BCUT2D eigenvalue weighted by molar-refractivity contribution is -0.135. The highest BCUT2D eigenvalue weighted by Crippen LogP contribution is 2.21. The lowest BCUT2D eigenvalue weighted by atomic mass is 10.0. The van der Waals surface area contributed by atoms with Crippen molar-refractivity contribution in [3.63, 3.8) is 0 Å². The summed E-state index contributed by atoms with van der Waals surface area (Å²) in [6.45, 7) is 3.13. The number of piperazine rings is 1. The first-order valence-electron chi connectivity index (χ1n) is 9.03. The molecule has 1 unspecified atom stereocenters. The Labute approximate surface area is 164 Å². The topological polar surface area (TPSA) is 78.7 Å². The minimum atomic E-state index is -0.136. The van der Waals surface area contributed by atoms with E-state index in [-0.39, 0.29) is 30.3 Å². The van der Waals surface area contributed by atoms with E-state index in [0.29, 0.717) is 37.8 Å². The molecular formula is C19H23ClN4O3. The van der Waals surface area contributed by atoms with Crippen molar-refractivity contribution in [1.82, 2.24) is 20.1 Å². The summed E-state index contributed by atoms with van der Waals surface area (Å²) in [6.07, 6.45) is 3.24. The van der Waals surface area contributed by atoms with Crippen LogP contribution in [0, 0.1) is 0 Å². The van der Waals surface area contributed by atoms with Crippen molar-refractivity contribution in [3.05, 3.63) is 42.3 Å². The fourth-order valence-corrected chi connectivity index (χ4v) is 3.65.